The molecule has 2 fully saturated rings. The van der Waals surface area contributed by atoms with Gasteiger partial charge in [0.1, 0.15) is 0 Å². The van der Waals surface area contributed by atoms with Gasteiger partial charge in [-0.15, -0.1) is 0 Å². The summed E-state index contributed by atoms with van der Waals surface area (Å²) in [7, 11) is -3.70. The summed E-state index contributed by atoms with van der Waals surface area (Å²) in [6, 6.07) is 10.8. The van der Waals surface area contributed by atoms with Gasteiger partial charge in [-0.05, 0) is 48.9 Å². The van der Waals surface area contributed by atoms with Crippen molar-refractivity contribution in [2.45, 2.75) is 24.7 Å². The summed E-state index contributed by atoms with van der Waals surface area (Å²) >= 11 is 0. The Labute approximate surface area is 191 Å². The molecule has 0 aromatic heterocycles. The third-order valence-corrected chi connectivity index (χ3v) is 7.40. The van der Waals surface area contributed by atoms with Crippen LogP contribution in [0.1, 0.15) is 28.8 Å². The highest BCUT2D eigenvalue weighted by atomic mass is 32.2. The van der Waals surface area contributed by atoms with E-state index in [0.29, 0.717) is 35.7 Å². The molecule has 2 heterocycles. The van der Waals surface area contributed by atoms with Crippen molar-refractivity contribution < 1.29 is 27.5 Å². The molecule has 0 saturated carbocycles. The second kappa shape index (κ2) is 9.30. The van der Waals surface area contributed by atoms with Crippen molar-refractivity contribution in [1.82, 2.24) is 9.73 Å². The fourth-order valence-corrected chi connectivity index (χ4v) is 5.01. The molecule has 0 spiro atoms. The van der Waals surface area contributed by atoms with Gasteiger partial charge in [-0.1, -0.05) is 6.07 Å². The number of benzene rings is 2. The molecule has 2 aliphatic rings. The minimum absolute atomic E-state index is 0.0972. The van der Waals surface area contributed by atoms with E-state index in [1.807, 2.05) is 0 Å². The predicted molar refractivity (Wildman–Crippen MR) is 120 cm³/mol. The number of hydrogen-bond acceptors (Lipinski definition) is 6. The monoisotopic (exact) mass is 472 g/mol. The Hall–Kier alpha value is -3.28. The van der Waals surface area contributed by atoms with Crippen molar-refractivity contribution >= 4 is 39.1 Å². The number of nitrogens with zero attached hydrogens (tertiary/aromatic N) is 2. The summed E-state index contributed by atoms with van der Waals surface area (Å²) < 4.78 is 32.5. The van der Waals surface area contributed by atoms with Gasteiger partial charge in [-0.25, -0.2) is 13.4 Å². The van der Waals surface area contributed by atoms with Crippen molar-refractivity contribution in [3.05, 3.63) is 53.6 Å². The smallest absolute Gasteiger partial charge is 0.255 e. The van der Waals surface area contributed by atoms with Crippen molar-refractivity contribution in [3.8, 4) is 0 Å². The van der Waals surface area contributed by atoms with Crippen molar-refractivity contribution in [1.29, 1.82) is 0 Å². The molecule has 3 amide bonds. The number of sulfonamides is 1. The molecule has 33 heavy (non-hydrogen) atoms. The maximum atomic E-state index is 12.9. The summed E-state index contributed by atoms with van der Waals surface area (Å²) in [5.41, 5.74) is 4.36. The van der Waals surface area contributed by atoms with Crippen LogP contribution in [0.2, 0.25) is 0 Å². The minimum atomic E-state index is -3.70. The first kappa shape index (κ1) is 22.9. The number of hydrogen-bond donors (Lipinski definition) is 2. The molecule has 10 nitrogen and oxygen atoms in total. The normalized spacial score (nSPS) is 17.5. The molecule has 4 rings (SSSR count). The third-order valence-electron chi connectivity index (χ3n) is 5.50. The lowest BCUT2D eigenvalue weighted by Gasteiger charge is -2.27. The molecule has 0 unspecified atom stereocenters. The Kier molecular flexibility index (Phi) is 6.45. The summed E-state index contributed by atoms with van der Waals surface area (Å²) in [5, 5.41) is 3.92. The quantitative estimate of drug-likeness (QED) is 0.678. The zero-order valence-corrected chi connectivity index (χ0v) is 18.9. The molecule has 2 aliphatic heterocycles. The standard InChI is InChI=1S/C22H24N4O6S/c1-15-2-7-18(33(30,31)25-10-12-32-13-11-25)14-19(15)23-22(29)16-3-5-17(6-4-16)26-21(28)9-8-20(27)24-26/h2-7,14H,8-13H2,1H3,(H,23,29)(H,24,27). The van der Waals surface area contributed by atoms with E-state index in [1.54, 1.807) is 25.1 Å². The van der Waals surface area contributed by atoms with Gasteiger partial charge < -0.3 is 10.1 Å². The zero-order valence-electron chi connectivity index (χ0n) is 18.0. The van der Waals surface area contributed by atoms with Crippen LogP contribution in [0.4, 0.5) is 11.4 Å². The van der Waals surface area contributed by atoms with Crippen molar-refractivity contribution in [2.75, 3.05) is 36.6 Å². The number of ether oxygens (including phenoxy) is 1. The van der Waals surface area contributed by atoms with Gasteiger partial charge in [0.05, 0.1) is 23.8 Å². The molecule has 2 N–H and O–H groups in total. The van der Waals surface area contributed by atoms with Gasteiger partial charge >= 0.3 is 0 Å². The van der Waals surface area contributed by atoms with Crippen LogP contribution in [0.15, 0.2) is 47.4 Å². The highest BCUT2D eigenvalue weighted by Crippen LogP contribution is 2.25. The molecule has 0 radical (unpaired) electrons. The maximum absolute atomic E-state index is 12.9. The van der Waals surface area contributed by atoms with Crippen LogP contribution in [0.3, 0.4) is 0 Å². The SMILES string of the molecule is Cc1ccc(S(=O)(=O)N2CCOCC2)cc1NC(=O)c1ccc(N2NC(=O)CCC2=O)cc1. The maximum Gasteiger partial charge on any atom is 0.255 e. The molecule has 0 atom stereocenters. The first-order valence-electron chi connectivity index (χ1n) is 10.5. The molecule has 2 aromatic rings. The molecule has 0 bridgehead atoms. The molecule has 2 saturated heterocycles. The van der Waals surface area contributed by atoms with Crippen LogP contribution in [-0.4, -0.2) is 56.7 Å². The Balaban J connectivity index is 1.51. The largest absolute Gasteiger partial charge is 0.379 e. The number of carbonyl (C=O) groups is 3. The van der Waals surface area contributed by atoms with E-state index in [-0.39, 0.29) is 42.6 Å². The number of morpholine rings is 1. The summed E-state index contributed by atoms with van der Waals surface area (Å²) in [6.45, 7) is 3.03. The zero-order chi connectivity index (χ0) is 23.6. The van der Waals surface area contributed by atoms with E-state index in [4.69, 9.17) is 4.74 Å². The van der Waals surface area contributed by atoms with E-state index in [2.05, 4.69) is 10.7 Å². The average Bonchev–Trinajstić information content (AvgIpc) is 2.82. The number of hydrazine groups is 1. The molecule has 2 aromatic carbocycles. The minimum Gasteiger partial charge on any atom is -0.379 e. The van der Waals surface area contributed by atoms with E-state index < -0.39 is 15.9 Å². The summed E-state index contributed by atoms with van der Waals surface area (Å²) in [6.07, 6.45) is 0.270. The van der Waals surface area contributed by atoms with E-state index >= 15 is 0 Å². The number of aryl methyl sites for hydroxylation is 1. The number of nitrogens with one attached hydrogen (secondary N) is 2. The fourth-order valence-electron chi connectivity index (χ4n) is 3.57. The van der Waals surface area contributed by atoms with E-state index in [1.165, 1.54) is 28.6 Å². The third kappa shape index (κ3) is 4.90. The lowest BCUT2D eigenvalue weighted by atomic mass is 10.1. The Bertz CT molecular complexity index is 1190. The van der Waals surface area contributed by atoms with Crippen molar-refractivity contribution in [3.63, 3.8) is 0 Å². The van der Waals surface area contributed by atoms with Gasteiger partial charge in [0, 0.05) is 37.2 Å². The Morgan fingerprint density at radius 3 is 2.42 bits per heavy atom. The van der Waals surface area contributed by atoms with Crippen molar-refractivity contribution in [2.24, 2.45) is 0 Å². The highest BCUT2D eigenvalue weighted by molar-refractivity contribution is 7.89. The fraction of sp³-hybridized carbons (Fsp3) is 0.318. The predicted octanol–water partition coefficient (Wildman–Crippen LogP) is 1.43. The first-order valence-corrected chi connectivity index (χ1v) is 11.9. The van der Waals surface area contributed by atoms with E-state index in [0.717, 1.165) is 5.01 Å². The van der Waals surface area contributed by atoms with Gasteiger partial charge in [0.2, 0.25) is 21.8 Å². The first-order chi connectivity index (χ1) is 15.8. The molecule has 174 valence electrons. The number of anilines is 2. The van der Waals surface area contributed by atoms with Crippen LogP contribution in [0.5, 0.6) is 0 Å². The number of amides is 3. The van der Waals surface area contributed by atoms with Gasteiger partial charge in [-0.3, -0.25) is 19.8 Å². The number of rotatable bonds is 5. The Morgan fingerprint density at radius 2 is 1.73 bits per heavy atom. The van der Waals surface area contributed by atoms with Gasteiger partial charge in [0.15, 0.2) is 0 Å². The lowest BCUT2D eigenvalue weighted by Crippen LogP contribution is -2.50. The summed E-state index contributed by atoms with van der Waals surface area (Å²) in [5.74, 6) is -0.917. The second-order valence-electron chi connectivity index (χ2n) is 7.76. The van der Waals surface area contributed by atoms with Crippen LogP contribution in [0.25, 0.3) is 0 Å². The van der Waals surface area contributed by atoms with Gasteiger partial charge in [-0.2, -0.15) is 4.31 Å². The van der Waals surface area contributed by atoms with Crippen LogP contribution in [0, 0.1) is 6.92 Å². The van der Waals surface area contributed by atoms with E-state index in [9.17, 15) is 22.8 Å². The summed E-state index contributed by atoms with van der Waals surface area (Å²) in [4.78, 5) is 36.5. The molecular weight excluding hydrogens is 448 g/mol. The van der Waals surface area contributed by atoms with Crippen LogP contribution >= 0.6 is 0 Å². The molecule has 0 aliphatic carbocycles. The Morgan fingerprint density at radius 1 is 1.03 bits per heavy atom. The van der Waals surface area contributed by atoms with Gasteiger partial charge in [0.25, 0.3) is 5.91 Å². The molecular formula is C22H24N4O6S. The number of carbonyl (C=O) groups excluding carboxylic acids is 3. The topological polar surface area (TPSA) is 125 Å². The average molecular weight is 473 g/mol. The lowest BCUT2D eigenvalue weighted by molar-refractivity contribution is -0.130. The second-order valence-corrected chi connectivity index (χ2v) is 9.70. The van der Waals surface area contributed by atoms with Crippen LogP contribution < -0.4 is 15.8 Å². The van der Waals surface area contributed by atoms with Crippen LogP contribution in [-0.2, 0) is 24.3 Å². The molecule has 11 heteroatoms. The highest BCUT2D eigenvalue weighted by Gasteiger charge is 2.27.